The highest BCUT2D eigenvalue weighted by Crippen LogP contribution is 2.69. The molecule has 2 heterocycles. The van der Waals surface area contributed by atoms with Gasteiger partial charge in [-0.15, -0.1) is 0 Å². The van der Waals surface area contributed by atoms with E-state index in [9.17, 15) is 30.0 Å². The lowest BCUT2D eigenvalue weighted by molar-refractivity contribution is -0.315. The van der Waals surface area contributed by atoms with Gasteiger partial charge in [0.15, 0.2) is 6.29 Å². The van der Waals surface area contributed by atoms with E-state index >= 15 is 0 Å². The summed E-state index contributed by atoms with van der Waals surface area (Å²) in [7, 11) is 0. The lowest BCUT2D eigenvalue weighted by atomic mass is 9.44. The molecule has 2 saturated heterocycles. The summed E-state index contributed by atoms with van der Waals surface area (Å²) in [6.45, 7) is 6.11. The van der Waals surface area contributed by atoms with Crippen molar-refractivity contribution in [1.82, 2.24) is 0 Å². The van der Waals surface area contributed by atoms with Gasteiger partial charge >= 0.3 is 5.97 Å². The van der Waals surface area contributed by atoms with Crippen molar-refractivity contribution in [3.05, 3.63) is 0 Å². The molecule has 6 rings (SSSR count). The Balaban J connectivity index is 1.17. The average Bonchev–Trinajstić information content (AvgIpc) is 3.32. The van der Waals surface area contributed by atoms with Crippen LogP contribution in [0, 0.1) is 46.3 Å². The standard InChI is InChI=1S/C28H42O9/c1-12-21-19(36-25(12)34)10-16-14-9-18(30)17-8-13(4-6-27(17,2)15(14)5-7-28(16,21)3)35-26-24(33)23(32)22(31)20(11-29)37-26/h12-17,19-24,26,29,31-33H,4-11H2,1-3H3. The Morgan fingerprint density at radius 3 is 2.43 bits per heavy atom. The van der Waals surface area contributed by atoms with Crippen molar-refractivity contribution in [3.8, 4) is 0 Å². The topological polar surface area (TPSA) is 143 Å². The maximum Gasteiger partial charge on any atom is 0.309 e. The molecule has 15 unspecified atom stereocenters. The second-order valence-corrected chi connectivity index (χ2v) is 13.4. The van der Waals surface area contributed by atoms with Gasteiger partial charge in [-0.25, -0.2) is 0 Å². The molecule has 0 bridgehead atoms. The van der Waals surface area contributed by atoms with Crippen molar-refractivity contribution >= 4 is 11.8 Å². The van der Waals surface area contributed by atoms with Crippen LogP contribution in [0.1, 0.15) is 65.7 Å². The number of rotatable bonds is 3. The highest BCUT2D eigenvalue weighted by atomic mass is 16.7. The van der Waals surface area contributed by atoms with Gasteiger partial charge in [0, 0.05) is 18.3 Å². The molecular weight excluding hydrogens is 480 g/mol. The summed E-state index contributed by atoms with van der Waals surface area (Å²) in [4.78, 5) is 26.0. The van der Waals surface area contributed by atoms with Crippen LogP contribution in [0.4, 0.5) is 0 Å². The van der Waals surface area contributed by atoms with Crippen LogP contribution in [0.2, 0.25) is 0 Å². The van der Waals surface area contributed by atoms with Crippen LogP contribution in [-0.2, 0) is 23.8 Å². The first-order valence-corrected chi connectivity index (χ1v) is 14.2. The van der Waals surface area contributed by atoms with Gasteiger partial charge in [-0.3, -0.25) is 9.59 Å². The third-order valence-electron chi connectivity index (χ3n) is 11.8. The minimum absolute atomic E-state index is 0.0143. The lowest BCUT2D eigenvalue weighted by Crippen LogP contribution is -2.61. The van der Waals surface area contributed by atoms with Gasteiger partial charge in [-0.1, -0.05) is 20.8 Å². The second kappa shape index (κ2) is 8.96. The van der Waals surface area contributed by atoms with Crippen LogP contribution >= 0.6 is 0 Å². The van der Waals surface area contributed by atoms with Gasteiger partial charge in [0.05, 0.1) is 18.6 Å². The summed E-state index contributed by atoms with van der Waals surface area (Å²) in [6.07, 6.45) is -1.25. The van der Waals surface area contributed by atoms with Gasteiger partial charge in [-0.2, -0.15) is 0 Å². The van der Waals surface area contributed by atoms with Crippen molar-refractivity contribution in [3.63, 3.8) is 0 Å². The second-order valence-electron chi connectivity index (χ2n) is 13.4. The maximum absolute atomic E-state index is 13.7. The Kier molecular flexibility index (Phi) is 6.33. The molecule has 9 nitrogen and oxygen atoms in total. The Hall–Kier alpha value is -1.10. The number of Topliss-reactive ketones (excluding diaryl/α,β-unsaturated/α-hetero) is 1. The van der Waals surface area contributed by atoms with Crippen LogP contribution in [-0.4, -0.2) is 81.7 Å². The highest BCUT2D eigenvalue weighted by Gasteiger charge is 2.67. The molecule has 0 aromatic heterocycles. The zero-order valence-corrected chi connectivity index (χ0v) is 22.0. The molecule has 9 heteroatoms. The van der Waals surface area contributed by atoms with Gasteiger partial charge in [0.25, 0.3) is 0 Å². The van der Waals surface area contributed by atoms with Crippen LogP contribution in [0.25, 0.3) is 0 Å². The Labute approximate surface area is 217 Å². The number of carbonyl (C=O) groups excluding carboxylic acids is 2. The SMILES string of the molecule is CC1C(=O)OC2CC3C4CC(=O)C5CC(OC6OC(CO)C(O)C(O)C6O)CCC5(C)C4CCC3(C)C21. The molecule has 6 fully saturated rings. The number of ketones is 1. The van der Waals surface area contributed by atoms with E-state index < -0.39 is 37.3 Å². The normalized spacial score (nSPS) is 57.2. The van der Waals surface area contributed by atoms with Crippen molar-refractivity contribution in [2.45, 2.75) is 109 Å². The van der Waals surface area contributed by atoms with Crippen LogP contribution in [0.5, 0.6) is 0 Å². The summed E-state index contributed by atoms with van der Waals surface area (Å²) in [5, 5.41) is 40.1. The van der Waals surface area contributed by atoms with E-state index in [0.717, 1.165) is 25.7 Å². The number of esters is 1. The summed E-state index contributed by atoms with van der Waals surface area (Å²) in [5.41, 5.74) is -0.0964. The van der Waals surface area contributed by atoms with E-state index in [2.05, 4.69) is 13.8 Å². The fraction of sp³-hybridized carbons (Fsp3) is 0.929. The molecule has 0 spiro atoms. The lowest BCUT2D eigenvalue weighted by Gasteiger charge is -2.60. The minimum Gasteiger partial charge on any atom is -0.462 e. The van der Waals surface area contributed by atoms with Crippen LogP contribution in [0.15, 0.2) is 0 Å². The summed E-state index contributed by atoms with van der Waals surface area (Å²) in [5.74, 6) is 1.38. The first-order valence-electron chi connectivity index (χ1n) is 14.2. The van der Waals surface area contributed by atoms with Crippen molar-refractivity contribution < 1.29 is 44.2 Å². The largest absolute Gasteiger partial charge is 0.462 e. The summed E-state index contributed by atoms with van der Waals surface area (Å²) >= 11 is 0. The minimum atomic E-state index is -1.48. The predicted octanol–water partition coefficient (Wildman–Crippen LogP) is 1.18. The molecule has 37 heavy (non-hydrogen) atoms. The highest BCUT2D eigenvalue weighted by molar-refractivity contribution is 5.83. The zero-order valence-electron chi connectivity index (χ0n) is 22.0. The Morgan fingerprint density at radius 1 is 0.973 bits per heavy atom. The number of hydrogen-bond acceptors (Lipinski definition) is 9. The smallest absolute Gasteiger partial charge is 0.309 e. The van der Waals surface area contributed by atoms with Crippen LogP contribution < -0.4 is 0 Å². The fourth-order valence-corrected chi connectivity index (χ4v) is 9.94. The number of hydrogen-bond donors (Lipinski definition) is 4. The summed E-state index contributed by atoms with van der Waals surface area (Å²) < 4.78 is 17.4. The van der Waals surface area contributed by atoms with Crippen LogP contribution in [0.3, 0.4) is 0 Å². The molecular formula is C28H42O9. The number of aliphatic hydroxyl groups is 4. The van der Waals surface area contributed by atoms with Gasteiger partial charge in [0.2, 0.25) is 0 Å². The monoisotopic (exact) mass is 522 g/mol. The predicted molar refractivity (Wildman–Crippen MR) is 129 cm³/mol. The van der Waals surface area contributed by atoms with E-state index in [0.29, 0.717) is 37.0 Å². The Morgan fingerprint density at radius 2 is 1.70 bits per heavy atom. The van der Waals surface area contributed by atoms with Crippen molar-refractivity contribution in [1.29, 1.82) is 0 Å². The van der Waals surface area contributed by atoms with Gasteiger partial charge in [-0.05, 0) is 67.1 Å². The number of ether oxygens (including phenoxy) is 3. The van der Waals surface area contributed by atoms with E-state index in [1.807, 2.05) is 6.92 Å². The van der Waals surface area contributed by atoms with E-state index in [4.69, 9.17) is 14.2 Å². The molecule has 4 saturated carbocycles. The third-order valence-corrected chi connectivity index (χ3v) is 11.8. The molecule has 6 aliphatic rings. The molecule has 15 atom stereocenters. The molecule has 0 radical (unpaired) electrons. The van der Waals surface area contributed by atoms with E-state index in [1.165, 1.54) is 0 Å². The number of fused-ring (bicyclic) bond motifs is 7. The quantitative estimate of drug-likeness (QED) is 0.317. The van der Waals surface area contributed by atoms with Crippen molar-refractivity contribution in [2.75, 3.05) is 6.61 Å². The van der Waals surface area contributed by atoms with E-state index in [1.54, 1.807) is 0 Å². The molecule has 0 aromatic carbocycles. The third kappa shape index (κ3) is 3.71. The van der Waals surface area contributed by atoms with Gasteiger partial charge in [0.1, 0.15) is 36.3 Å². The fourth-order valence-electron chi connectivity index (χ4n) is 9.94. The summed E-state index contributed by atoms with van der Waals surface area (Å²) in [6, 6.07) is 0. The maximum atomic E-state index is 13.7. The number of carbonyl (C=O) groups is 2. The molecule has 4 aliphatic carbocycles. The molecule has 2 aliphatic heterocycles. The van der Waals surface area contributed by atoms with Crippen molar-refractivity contribution in [2.24, 2.45) is 46.3 Å². The molecule has 208 valence electrons. The number of aliphatic hydroxyl groups excluding tert-OH is 4. The molecule has 0 aromatic rings. The first kappa shape index (κ1) is 26.1. The zero-order chi connectivity index (χ0) is 26.4. The Bertz CT molecular complexity index is 939. The average molecular weight is 523 g/mol. The van der Waals surface area contributed by atoms with Gasteiger partial charge < -0.3 is 34.6 Å². The van der Waals surface area contributed by atoms with E-state index in [-0.39, 0.29) is 52.5 Å². The molecule has 4 N–H and O–H groups in total. The molecule has 0 amide bonds. The first-order chi connectivity index (χ1) is 17.5.